The second-order valence-electron chi connectivity index (χ2n) is 5.00. The number of nitrogens with one attached hydrogen (secondary N) is 2. The molecule has 3 amide bonds. The normalized spacial score (nSPS) is 23.2. The van der Waals surface area contributed by atoms with Gasteiger partial charge >= 0.3 is 6.03 Å². The van der Waals surface area contributed by atoms with Crippen LogP contribution < -0.4 is 10.6 Å². The van der Waals surface area contributed by atoms with E-state index in [1.165, 1.54) is 4.90 Å². The van der Waals surface area contributed by atoms with Crippen molar-refractivity contribution in [3.8, 4) is 0 Å². The summed E-state index contributed by atoms with van der Waals surface area (Å²) in [6.07, 6.45) is 0.839. The number of hydrogen-bond donors (Lipinski definition) is 2. The Hall–Kier alpha value is -1.34. The maximum atomic E-state index is 12.0. The van der Waals surface area contributed by atoms with Crippen molar-refractivity contribution in [2.24, 2.45) is 0 Å². The van der Waals surface area contributed by atoms with Gasteiger partial charge in [-0.3, -0.25) is 4.79 Å². The van der Waals surface area contributed by atoms with Crippen molar-refractivity contribution in [2.45, 2.75) is 12.5 Å². The predicted molar refractivity (Wildman–Crippen MR) is 69.8 cm³/mol. The van der Waals surface area contributed by atoms with E-state index in [1.807, 2.05) is 0 Å². The Kier molecular flexibility index (Phi) is 4.98. The van der Waals surface area contributed by atoms with E-state index < -0.39 is 0 Å². The van der Waals surface area contributed by atoms with Gasteiger partial charge in [0.25, 0.3) is 0 Å². The van der Waals surface area contributed by atoms with E-state index in [0.717, 1.165) is 19.5 Å². The number of ether oxygens (including phenoxy) is 1. The Balaban J connectivity index is 1.73. The van der Waals surface area contributed by atoms with Gasteiger partial charge < -0.3 is 25.2 Å². The fraction of sp³-hybridized carbons (Fsp3) is 0.833. The van der Waals surface area contributed by atoms with E-state index in [2.05, 4.69) is 10.6 Å². The number of likely N-dealkylation sites (N-methyl/N-ethyl adjacent to an activating group) is 1. The third-order valence-electron chi connectivity index (χ3n) is 3.45. The van der Waals surface area contributed by atoms with Crippen LogP contribution in [-0.2, 0) is 9.53 Å². The summed E-state index contributed by atoms with van der Waals surface area (Å²) in [5.74, 6) is 0.00169. The lowest BCUT2D eigenvalue weighted by Crippen LogP contribution is -2.51. The van der Waals surface area contributed by atoms with Gasteiger partial charge in [-0.15, -0.1) is 0 Å². The molecule has 2 aliphatic heterocycles. The smallest absolute Gasteiger partial charge is 0.317 e. The topological polar surface area (TPSA) is 73.9 Å². The van der Waals surface area contributed by atoms with Crippen LogP contribution in [0, 0.1) is 0 Å². The van der Waals surface area contributed by atoms with Crippen LogP contribution in [0.2, 0.25) is 0 Å². The molecule has 2 saturated heterocycles. The molecule has 19 heavy (non-hydrogen) atoms. The monoisotopic (exact) mass is 270 g/mol. The van der Waals surface area contributed by atoms with Gasteiger partial charge in [-0.25, -0.2) is 4.79 Å². The lowest BCUT2D eigenvalue weighted by atomic mass is 10.3. The fourth-order valence-corrected chi connectivity index (χ4v) is 2.22. The van der Waals surface area contributed by atoms with Crippen LogP contribution in [0.25, 0.3) is 0 Å². The molecule has 2 heterocycles. The molecule has 0 bridgehead atoms. The van der Waals surface area contributed by atoms with E-state index in [4.69, 9.17) is 4.74 Å². The van der Waals surface area contributed by atoms with Crippen molar-refractivity contribution in [2.75, 3.05) is 53.0 Å². The second-order valence-corrected chi connectivity index (χ2v) is 5.00. The number of nitrogens with zero attached hydrogens (tertiary/aromatic N) is 2. The highest BCUT2D eigenvalue weighted by atomic mass is 16.5. The Morgan fingerprint density at radius 3 is 2.79 bits per heavy atom. The zero-order valence-electron chi connectivity index (χ0n) is 11.4. The first-order chi connectivity index (χ1) is 9.16. The van der Waals surface area contributed by atoms with Crippen LogP contribution in [0.3, 0.4) is 0 Å². The highest BCUT2D eigenvalue weighted by Gasteiger charge is 2.23. The minimum atomic E-state index is -0.209. The fourth-order valence-electron chi connectivity index (χ4n) is 2.22. The number of hydrogen-bond acceptors (Lipinski definition) is 4. The van der Waals surface area contributed by atoms with Crippen molar-refractivity contribution in [3.05, 3.63) is 0 Å². The minimum absolute atomic E-state index is 0.00169. The largest absolute Gasteiger partial charge is 0.379 e. The zero-order chi connectivity index (χ0) is 13.7. The average Bonchev–Trinajstić information content (AvgIpc) is 2.92. The highest BCUT2D eigenvalue weighted by molar-refractivity contribution is 5.84. The molecule has 7 heteroatoms. The molecule has 0 aliphatic carbocycles. The van der Waals surface area contributed by atoms with Crippen LogP contribution in [0.15, 0.2) is 0 Å². The number of rotatable bonds is 3. The molecule has 108 valence electrons. The van der Waals surface area contributed by atoms with E-state index >= 15 is 0 Å². The molecular formula is C12H22N4O3. The molecule has 0 spiro atoms. The van der Waals surface area contributed by atoms with Gasteiger partial charge in [-0.05, 0) is 6.42 Å². The summed E-state index contributed by atoms with van der Waals surface area (Å²) in [5.41, 5.74) is 0. The van der Waals surface area contributed by atoms with Crippen molar-refractivity contribution < 1.29 is 14.3 Å². The molecule has 2 aliphatic rings. The van der Waals surface area contributed by atoms with E-state index in [1.54, 1.807) is 11.9 Å². The summed E-state index contributed by atoms with van der Waals surface area (Å²) in [5, 5.41) is 6.06. The first-order valence-electron chi connectivity index (χ1n) is 6.74. The third-order valence-corrected chi connectivity index (χ3v) is 3.45. The Bertz CT molecular complexity index is 325. The molecule has 0 saturated carbocycles. The standard InChI is InChI=1S/C12H22N4O3/c1-15(12(18)14-10-2-7-19-9-10)8-11(17)16-5-3-13-4-6-16/h10,13H,2-9H2,1H3,(H,14,18). The molecule has 2 N–H and O–H groups in total. The molecule has 0 aromatic heterocycles. The van der Waals surface area contributed by atoms with Gasteiger partial charge in [-0.1, -0.05) is 0 Å². The molecule has 1 unspecified atom stereocenters. The van der Waals surface area contributed by atoms with E-state index in [-0.39, 0.29) is 24.5 Å². The minimum Gasteiger partial charge on any atom is -0.379 e. The van der Waals surface area contributed by atoms with Crippen LogP contribution in [0.5, 0.6) is 0 Å². The number of urea groups is 1. The van der Waals surface area contributed by atoms with Crippen molar-refractivity contribution in [1.82, 2.24) is 20.4 Å². The molecular weight excluding hydrogens is 248 g/mol. The van der Waals surface area contributed by atoms with E-state index in [9.17, 15) is 9.59 Å². The quantitative estimate of drug-likeness (QED) is 0.679. The summed E-state index contributed by atoms with van der Waals surface area (Å²) in [7, 11) is 1.64. The SMILES string of the molecule is CN(CC(=O)N1CCNCC1)C(=O)NC1CCOC1. The van der Waals surface area contributed by atoms with Crippen molar-refractivity contribution in [3.63, 3.8) is 0 Å². The first-order valence-corrected chi connectivity index (χ1v) is 6.74. The van der Waals surface area contributed by atoms with Gasteiger partial charge in [0.15, 0.2) is 0 Å². The average molecular weight is 270 g/mol. The van der Waals surface area contributed by atoms with Gasteiger partial charge in [0.1, 0.15) is 6.54 Å². The Morgan fingerprint density at radius 1 is 1.42 bits per heavy atom. The summed E-state index contributed by atoms with van der Waals surface area (Å²) >= 11 is 0. The van der Waals surface area contributed by atoms with Crippen LogP contribution in [0.4, 0.5) is 4.79 Å². The molecule has 7 nitrogen and oxygen atoms in total. The lowest BCUT2D eigenvalue weighted by Gasteiger charge is -2.29. The van der Waals surface area contributed by atoms with Crippen LogP contribution in [0.1, 0.15) is 6.42 Å². The zero-order valence-corrected chi connectivity index (χ0v) is 11.4. The second kappa shape index (κ2) is 6.72. The van der Waals surface area contributed by atoms with Gasteiger partial charge in [0.2, 0.25) is 5.91 Å². The van der Waals surface area contributed by atoms with Crippen molar-refractivity contribution in [1.29, 1.82) is 0 Å². The number of piperazine rings is 1. The Labute approximate surface area is 113 Å². The summed E-state index contributed by atoms with van der Waals surface area (Å²) in [6, 6.07) is -0.136. The predicted octanol–water partition coefficient (Wildman–Crippen LogP) is -1.15. The third kappa shape index (κ3) is 4.07. The van der Waals surface area contributed by atoms with Gasteiger partial charge in [0, 0.05) is 39.8 Å². The maximum Gasteiger partial charge on any atom is 0.317 e. The highest BCUT2D eigenvalue weighted by Crippen LogP contribution is 2.04. The summed E-state index contributed by atoms with van der Waals surface area (Å²) in [6.45, 7) is 4.44. The van der Waals surface area contributed by atoms with Crippen LogP contribution in [-0.4, -0.2) is 80.8 Å². The maximum absolute atomic E-state index is 12.0. The molecule has 0 radical (unpaired) electrons. The number of carbonyl (C=O) groups is 2. The first kappa shape index (κ1) is 14.1. The number of amides is 3. The summed E-state index contributed by atoms with van der Waals surface area (Å²) in [4.78, 5) is 27.1. The number of carbonyl (C=O) groups excluding carboxylic acids is 2. The van der Waals surface area contributed by atoms with Crippen LogP contribution >= 0.6 is 0 Å². The molecule has 0 aromatic carbocycles. The van der Waals surface area contributed by atoms with Crippen molar-refractivity contribution >= 4 is 11.9 Å². The van der Waals surface area contributed by atoms with Gasteiger partial charge in [-0.2, -0.15) is 0 Å². The van der Waals surface area contributed by atoms with E-state index in [0.29, 0.717) is 26.3 Å². The molecule has 2 rings (SSSR count). The molecule has 0 aromatic rings. The molecule has 2 fully saturated rings. The Morgan fingerprint density at radius 2 is 2.16 bits per heavy atom. The molecule has 1 atom stereocenters. The summed E-state index contributed by atoms with van der Waals surface area (Å²) < 4.78 is 5.20. The van der Waals surface area contributed by atoms with Gasteiger partial charge in [0.05, 0.1) is 12.6 Å². The lowest BCUT2D eigenvalue weighted by molar-refractivity contribution is -0.132.